The summed E-state index contributed by atoms with van der Waals surface area (Å²) in [5.41, 5.74) is 2.15. The molecule has 0 saturated carbocycles. The molecule has 1 aliphatic rings. The molecule has 0 spiro atoms. The van der Waals surface area contributed by atoms with E-state index < -0.39 is 0 Å². The summed E-state index contributed by atoms with van der Waals surface area (Å²) in [6.45, 7) is 0. The average Bonchev–Trinajstić information content (AvgIpc) is 2.03. The number of fused-ring (bicyclic) bond motifs is 1. The number of halogens is 1. The van der Waals surface area contributed by atoms with Crippen molar-refractivity contribution in [1.82, 2.24) is 0 Å². The molecule has 0 heterocycles. The molecular weight excluding hydrogens is 155 g/mol. The number of aliphatic hydroxyl groups is 1. The molecule has 1 unspecified atom stereocenters. The predicted molar refractivity (Wildman–Crippen MR) is 44.4 cm³/mol. The van der Waals surface area contributed by atoms with Crippen molar-refractivity contribution in [3.05, 3.63) is 35.1 Å². The van der Waals surface area contributed by atoms with Crippen molar-refractivity contribution in [3.8, 4) is 0 Å². The van der Waals surface area contributed by atoms with E-state index in [1.54, 1.807) is 0 Å². The average molecular weight is 166 g/mol. The van der Waals surface area contributed by atoms with Gasteiger partial charge >= 0.3 is 0 Å². The first kappa shape index (κ1) is 7.74. The third-order valence-electron chi connectivity index (χ3n) is 2.37. The van der Waals surface area contributed by atoms with Crippen molar-refractivity contribution in [2.45, 2.75) is 25.4 Å². The third kappa shape index (κ3) is 1.34. The number of hydrogen-bond acceptors (Lipinski definition) is 1. The molecule has 0 fully saturated rings. The van der Waals surface area contributed by atoms with Crippen LogP contribution in [-0.4, -0.2) is 11.2 Å². The Bertz CT molecular complexity index is 296. The molecule has 1 aromatic rings. The first-order valence-electron chi connectivity index (χ1n) is 4.21. The minimum absolute atomic E-state index is 0.206. The first-order chi connectivity index (χ1) is 5.75. The van der Waals surface area contributed by atoms with Crippen LogP contribution in [0.2, 0.25) is 0 Å². The molecule has 0 aromatic heterocycles. The van der Waals surface area contributed by atoms with Gasteiger partial charge in [0.25, 0.3) is 0 Å². The van der Waals surface area contributed by atoms with Crippen molar-refractivity contribution in [2.24, 2.45) is 0 Å². The fraction of sp³-hybridized carbons (Fsp3) is 0.400. The van der Waals surface area contributed by atoms with Crippen LogP contribution in [0.3, 0.4) is 0 Å². The molecule has 1 aliphatic carbocycles. The Balaban J connectivity index is 2.37. The molecule has 64 valence electrons. The number of benzene rings is 1. The fourth-order valence-corrected chi connectivity index (χ4v) is 1.71. The van der Waals surface area contributed by atoms with Gasteiger partial charge in [-0.25, -0.2) is 4.39 Å². The van der Waals surface area contributed by atoms with Crippen LogP contribution < -0.4 is 0 Å². The van der Waals surface area contributed by atoms with Gasteiger partial charge in [-0.15, -0.1) is 0 Å². The standard InChI is InChI=1S/C10H11FO/c11-9-3-1-7-2-4-10(12)6-8(7)5-9/h1,3,5,10,12H,2,4,6H2. The van der Waals surface area contributed by atoms with Crippen LogP contribution in [0, 0.1) is 5.82 Å². The number of aliphatic hydroxyl groups excluding tert-OH is 1. The van der Waals surface area contributed by atoms with Crippen LogP contribution in [0.4, 0.5) is 4.39 Å². The highest BCUT2D eigenvalue weighted by Crippen LogP contribution is 2.21. The highest BCUT2D eigenvalue weighted by molar-refractivity contribution is 5.30. The Labute approximate surface area is 70.8 Å². The Morgan fingerprint density at radius 3 is 3.00 bits per heavy atom. The van der Waals surface area contributed by atoms with Gasteiger partial charge in [-0.3, -0.25) is 0 Å². The second-order valence-corrected chi connectivity index (χ2v) is 3.31. The molecule has 1 atom stereocenters. The molecule has 1 N–H and O–H groups in total. The molecule has 1 aromatic carbocycles. The fourth-order valence-electron chi connectivity index (χ4n) is 1.71. The maximum absolute atomic E-state index is 12.7. The lowest BCUT2D eigenvalue weighted by Crippen LogP contribution is -2.18. The van der Waals surface area contributed by atoms with Gasteiger partial charge in [-0.2, -0.15) is 0 Å². The largest absolute Gasteiger partial charge is 0.393 e. The summed E-state index contributed by atoms with van der Waals surface area (Å²) in [6.07, 6.45) is 2.00. The zero-order valence-electron chi connectivity index (χ0n) is 6.76. The number of hydrogen-bond donors (Lipinski definition) is 1. The van der Waals surface area contributed by atoms with Crippen molar-refractivity contribution in [2.75, 3.05) is 0 Å². The molecule has 1 nitrogen and oxygen atoms in total. The van der Waals surface area contributed by atoms with Gasteiger partial charge in [0.05, 0.1) is 6.10 Å². The van der Waals surface area contributed by atoms with Gasteiger partial charge in [-0.1, -0.05) is 6.07 Å². The minimum atomic E-state index is -0.278. The highest BCUT2D eigenvalue weighted by Gasteiger charge is 2.16. The van der Waals surface area contributed by atoms with Crippen molar-refractivity contribution in [1.29, 1.82) is 0 Å². The van der Waals surface area contributed by atoms with Gasteiger partial charge in [0.2, 0.25) is 0 Å². The summed E-state index contributed by atoms with van der Waals surface area (Å²) in [6, 6.07) is 4.82. The van der Waals surface area contributed by atoms with E-state index in [9.17, 15) is 9.50 Å². The lowest BCUT2D eigenvalue weighted by Gasteiger charge is -2.20. The van der Waals surface area contributed by atoms with Crippen LogP contribution in [0.1, 0.15) is 17.5 Å². The minimum Gasteiger partial charge on any atom is -0.393 e. The first-order valence-corrected chi connectivity index (χ1v) is 4.21. The van der Waals surface area contributed by atoms with Gasteiger partial charge in [0.1, 0.15) is 5.82 Å². The molecule has 2 rings (SSSR count). The summed E-state index contributed by atoms with van der Waals surface area (Å²) in [5, 5.41) is 9.32. The molecular formula is C10H11FO. The monoisotopic (exact) mass is 166 g/mol. The topological polar surface area (TPSA) is 20.2 Å². The van der Waals surface area contributed by atoms with Gasteiger partial charge in [-0.05, 0) is 42.5 Å². The quantitative estimate of drug-likeness (QED) is 0.621. The van der Waals surface area contributed by atoms with E-state index in [0.29, 0.717) is 6.42 Å². The van der Waals surface area contributed by atoms with Gasteiger partial charge in [0, 0.05) is 0 Å². The molecule has 0 amide bonds. The lowest BCUT2D eigenvalue weighted by molar-refractivity contribution is 0.158. The smallest absolute Gasteiger partial charge is 0.123 e. The molecule has 0 aliphatic heterocycles. The lowest BCUT2D eigenvalue weighted by atomic mass is 9.90. The van der Waals surface area contributed by atoms with E-state index in [0.717, 1.165) is 18.4 Å². The summed E-state index contributed by atoms with van der Waals surface area (Å²) in [4.78, 5) is 0. The van der Waals surface area contributed by atoms with E-state index in [-0.39, 0.29) is 11.9 Å². The van der Waals surface area contributed by atoms with E-state index >= 15 is 0 Å². The van der Waals surface area contributed by atoms with Crippen LogP contribution in [0.25, 0.3) is 0 Å². The summed E-state index contributed by atoms with van der Waals surface area (Å²) in [7, 11) is 0. The Hall–Kier alpha value is -0.890. The highest BCUT2D eigenvalue weighted by atomic mass is 19.1. The van der Waals surface area contributed by atoms with E-state index in [1.165, 1.54) is 17.7 Å². The van der Waals surface area contributed by atoms with E-state index in [4.69, 9.17) is 0 Å². The van der Waals surface area contributed by atoms with E-state index in [2.05, 4.69) is 0 Å². The Morgan fingerprint density at radius 1 is 1.33 bits per heavy atom. The summed E-state index contributed by atoms with van der Waals surface area (Å²) in [5.74, 6) is -0.206. The molecule has 0 saturated heterocycles. The maximum Gasteiger partial charge on any atom is 0.123 e. The maximum atomic E-state index is 12.7. The second kappa shape index (κ2) is 2.87. The third-order valence-corrected chi connectivity index (χ3v) is 2.37. The van der Waals surface area contributed by atoms with Gasteiger partial charge in [0.15, 0.2) is 0 Å². The second-order valence-electron chi connectivity index (χ2n) is 3.31. The zero-order chi connectivity index (χ0) is 8.55. The van der Waals surface area contributed by atoms with E-state index in [1.807, 2.05) is 6.07 Å². The molecule has 2 heteroatoms. The molecule has 0 radical (unpaired) electrons. The van der Waals surface area contributed by atoms with Gasteiger partial charge < -0.3 is 5.11 Å². The van der Waals surface area contributed by atoms with Crippen LogP contribution in [0.5, 0.6) is 0 Å². The van der Waals surface area contributed by atoms with Crippen LogP contribution in [0.15, 0.2) is 18.2 Å². The number of aryl methyl sites for hydroxylation is 1. The van der Waals surface area contributed by atoms with Crippen LogP contribution in [-0.2, 0) is 12.8 Å². The summed E-state index contributed by atoms with van der Waals surface area (Å²) >= 11 is 0. The normalized spacial score (nSPS) is 22.0. The van der Waals surface area contributed by atoms with Crippen molar-refractivity contribution < 1.29 is 9.50 Å². The van der Waals surface area contributed by atoms with Crippen molar-refractivity contribution >= 4 is 0 Å². The summed E-state index contributed by atoms with van der Waals surface area (Å²) < 4.78 is 12.7. The Kier molecular flexibility index (Phi) is 1.85. The Morgan fingerprint density at radius 2 is 2.17 bits per heavy atom. The van der Waals surface area contributed by atoms with Crippen molar-refractivity contribution in [3.63, 3.8) is 0 Å². The van der Waals surface area contributed by atoms with Crippen LogP contribution >= 0.6 is 0 Å². The number of rotatable bonds is 0. The molecule has 12 heavy (non-hydrogen) atoms. The SMILES string of the molecule is OC1CCc2ccc(F)cc2C1. The predicted octanol–water partition coefficient (Wildman–Crippen LogP) is 1.68. The zero-order valence-corrected chi connectivity index (χ0v) is 6.76. The molecule has 0 bridgehead atoms.